The average Bonchev–Trinajstić information content (AvgIpc) is 3.21. The minimum Gasteiger partial charge on any atom is -0.497 e. The van der Waals surface area contributed by atoms with Crippen molar-refractivity contribution in [3.8, 4) is 17.2 Å². The van der Waals surface area contributed by atoms with Gasteiger partial charge in [-0.15, -0.1) is 0 Å². The van der Waals surface area contributed by atoms with E-state index in [1.807, 2.05) is 115 Å². The zero-order valence-corrected chi connectivity index (χ0v) is 30.3. The number of ether oxygens (including phenoxy) is 4. The van der Waals surface area contributed by atoms with Gasteiger partial charge in [0.05, 0.1) is 27.2 Å². The number of carbonyl (C=O) groups is 4. The molecule has 0 heterocycles. The van der Waals surface area contributed by atoms with Gasteiger partial charge in [-0.25, -0.2) is 9.59 Å². The first kappa shape index (κ1) is 39.1. The lowest BCUT2D eigenvalue weighted by molar-refractivity contribution is -0.129. The molecule has 5 aromatic carbocycles. The van der Waals surface area contributed by atoms with Crippen molar-refractivity contribution in [1.29, 1.82) is 0 Å². The van der Waals surface area contributed by atoms with E-state index >= 15 is 0 Å². The zero-order chi connectivity index (χ0) is 39.0. The van der Waals surface area contributed by atoms with E-state index in [2.05, 4.69) is 16.0 Å². The fourth-order valence-corrected chi connectivity index (χ4v) is 5.91. The van der Waals surface area contributed by atoms with Crippen LogP contribution < -0.4 is 30.2 Å². The fourth-order valence-electron chi connectivity index (χ4n) is 5.91. The molecule has 55 heavy (non-hydrogen) atoms. The topological polar surface area (TPSA) is 162 Å². The van der Waals surface area contributed by atoms with Gasteiger partial charge in [0.1, 0.15) is 35.4 Å². The molecule has 282 valence electrons. The third kappa shape index (κ3) is 10.7. The smallest absolute Gasteiger partial charge is 0.497 e. The first-order valence-corrected chi connectivity index (χ1v) is 17.3. The summed E-state index contributed by atoms with van der Waals surface area (Å²) in [5, 5.41) is 17.3. The standard InChI is InChI=1S/C43H41N3O9/c1-52-36-26-31(27-37(28-36)53-2)19-18-30-20-22-35(23-21-30)55-42(51)54-25-24-44-40(48)38(45-41(49)50)29-39(47)46-43(32-12-6-3-7-13-32,33-14-8-4-9-15-33)34-16-10-5-11-17-34/h3-23,26-28,38,45H,24-25,29H2,1-2H3,(H,44,48)(H,46,47)(H,49,50)/b19-18+. The van der Waals surface area contributed by atoms with Crippen molar-refractivity contribution < 1.29 is 43.2 Å². The molecule has 0 aliphatic heterocycles. The third-order valence-electron chi connectivity index (χ3n) is 8.50. The maximum atomic E-state index is 13.8. The Labute approximate surface area is 318 Å². The van der Waals surface area contributed by atoms with Crippen LogP contribution in [-0.4, -0.2) is 62.6 Å². The van der Waals surface area contributed by atoms with E-state index < -0.39 is 42.1 Å². The molecule has 0 aliphatic rings. The number of amides is 3. The van der Waals surface area contributed by atoms with Gasteiger partial charge in [0, 0.05) is 6.07 Å². The molecule has 0 aromatic heterocycles. The van der Waals surface area contributed by atoms with Crippen molar-refractivity contribution in [3.05, 3.63) is 161 Å². The maximum absolute atomic E-state index is 13.8. The average molecular weight is 744 g/mol. The lowest BCUT2D eigenvalue weighted by Crippen LogP contribution is -2.53. The maximum Gasteiger partial charge on any atom is 0.513 e. The van der Waals surface area contributed by atoms with Crippen LogP contribution in [0.3, 0.4) is 0 Å². The molecule has 1 unspecified atom stereocenters. The molecule has 0 saturated carbocycles. The van der Waals surface area contributed by atoms with E-state index in [0.29, 0.717) is 11.5 Å². The van der Waals surface area contributed by atoms with E-state index in [-0.39, 0.29) is 18.9 Å². The Bertz CT molecular complexity index is 1960. The second-order valence-corrected chi connectivity index (χ2v) is 12.1. The Hall–Kier alpha value is -7.08. The van der Waals surface area contributed by atoms with Gasteiger partial charge in [-0.2, -0.15) is 0 Å². The summed E-state index contributed by atoms with van der Waals surface area (Å²) in [6, 6.07) is 38.9. The highest BCUT2D eigenvalue weighted by Gasteiger charge is 2.38. The summed E-state index contributed by atoms with van der Waals surface area (Å²) in [6.45, 7) is -0.450. The number of hydrogen-bond donors (Lipinski definition) is 4. The van der Waals surface area contributed by atoms with Crippen LogP contribution in [0, 0.1) is 0 Å². The predicted octanol–water partition coefficient (Wildman–Crippen LogP) is 6.64. The second-order valence-electron chi connectivity index (χ2n) is 12.1. The first-order chi connectivity index (χ1) is 26.7. The quantitative estimate of drug-likeness (QED) is 0.0286. The van der Waals surface area contributed by atoms with Crippen LogP contribution >= 0.6 is 0 Å². The highest BCUT2D eigenvalue weighted by Crippen LogP contribution is 2.37. The third-order valence-corrected chi connectivity index (χ3v) is 8.50. The van der Waals surface area contributed by atoms with Crippen molar-refractivity contribution in [3.63, 3.8) is 0 Å². The molecule has 4 N–H and O–H groups in total. The van der Waals surface area contributed by atoms with Gasteiger partial charge in [0.2, 0.25) is 11.8 Å². The van der Waals surface area contributed by atoms with Gasteiger partial charge in [-0.05, 0) is 52.1 Å². The van der Waals surface area contributed by atoms with E-state index in [0.717, 1.165) is 27.8 Å². The van der Waals surface area contributed by atoms with Crippen molar-refractivity contribution in [2.24, 2.45) is 0 Å². The largest absolute Gasteiger partial charge is 0.513 e. The monoisotopic (exact) mass is 743 g/mol. The molecule has 0 fully saturated rings. The Kier molecular flexibility index (Phi) is 13.6. The van der Waals surface area contributed by atoms with E-state index in [9.17, 15) is 24.3 Å². The fraction of sp³-hybridized carbons (Fsp3) is 0.163. The van der Waals surface area contributed by atoms with Crippen molar-refractivity contribution in [2.45, 2.75) is 18.0 Å². The Morgan fingerprint density at radius 2 is 1.18 bits per heavy atom. The number of rotatable bonds is 16. The van der Waals surface area contributed by atoms with Crippen LogP contribution in [0.2, 0.25) is 0 Å². The van der Waals surface area contributed by atoms with Gasteiger partial charge in [0.15, 0.2) is 0 Å². The Balaban J connectivity index is 1.17. The summed E-state index contributed by atoms with van der Waals surface area (Å²) in [6.07, 6.45) is 0.755. The van der Waals surface area contributed by atoms with Gasteiger partial charge in [-0.3, -0.25) is 9.59 Å². The summed E-state index contributed by atoms with van der Waals surface area (Å²) in [5.41, 5.74) is 2.83. The summed E-state index contributed by atoms with van der Waals surface area (Å²) >= 11 is 0. The van der Waals surface area contributed by atoms with Gasteiger partial charge < -0.3 is 40.0 Å². The highest BCUT2D eigenvalue weighted by molar-refractivity contribution is 5.91. The number of benzene rings is 5. The molecule has 1 atom stereocenters. The van der Waals surface area contributed by atoms with Gasteiger partial charge in [0.25, 0.3) is 0 Å². The second kappa shape index (κ2) is 19.1. The molecular weight excluding hydrogens is 702 g/mol. The van der Waals surface area contributed by atoms with Crippen molar-refractivity contribution >= 4 is 36.2 Å². The van der Waals surface area contributed by atoms with Crippen molar-refractivity contribution in [1.82, 2.24) is 16.0 Å². The number of hydrogen-bond acceptors (Lipinski definition) is 8. The molecule has 0 aliphatic carbocycles. The van der Waals surface area contributed by atoms with Crippen molar-refractivity contribution in [2.75, 3.05) is 27.4 Å². The summed E-state index contributed by atoms with van der Waals surface area (Å²) in [4.78, 5) is 51.0. The molecule has 5 aromatic rings. The number of carbonyl (C=O) groups excluding carboxylic acids is 3. The van der Waals surface area contributed by atoms with E-state index in [4.69, 9.17) is 18.9 Å². The molecule has 12 heteroatoms. The van der Waals surface area contributed by atoms with Crippen LogP contribution in [0.5, 0.6) is 17.2 Å². The molecule has 0 radical (unpaired) electrons. The Morgan fingerprint density at radius 1 is 0.673 bits per heavy atom. The minimum absolute atomic E-state index is 0.172. The summed E-state index contributed by atoms with van der Waals surface area (Å²) in [7, 11) is 3.16. The zero-order valence-electron chi connectivity index (χ0n) is 30.3. The molecule has 0 bridgehead atoms. The van der Waals surface area contributed by atoms with Crippen LogP contribution in [0.25, 0.3) is 12.2 Å². The van der Waals surface area contributed by atoms with Crippen LogP contribution in [0.15, 0.2) is 133 Å². The van der Waals surface area contributed by atoms with E-state index in [1.165, 1.54) is 0 Å². The lowest BCUT2D eigenvalue weighted by atomic mass is 9.77. The summed E-state index contributed by atoms with van der Waals surface area (Å²) < 4.78 is 20.9. The SMILES string of the molecule is COc1cc(/C=C/c2ccc(OC(=O)OCCNC(=O)C(CC(=O)NC(c3ccccc3)(c3ccccc3)c3ccccc3)NC(=O)O)cc2)cc(OC)c1. The number of carboxylic acid groups (broad SMARTS) is 1. The van der Waals surface area contributed by atoms with Crippen LogP contribution in [0.1, 0.15) is 34.2 Å². The first-order valence-electron chi connectivity index (χ1n) is 17.3. The minimum atomic E-state index is -1.49. The van der Waals surface area contributed by atoms with Crippen LogP contribution in [0.4, 0.5) is 9.59 Å². The van der Waals surface area contributed by atoms with Gasteiger partial charge >= 0.3 is 12.2 Å². The highest BCUT2D eigenvalue weighted by atomic mass is 16.7. The summed E-state index contributed by atoms with van der Waals surface area (Å²) in [5.74, 6) is 0.189. The van der Waals surface area contributed by atoms with Gasteiger partial charge in [-0.1, -0.05) is 115 Å². The van der Waals surface area contributed by atoms with Crippen LogP contribution in [-0.2, 0) is 19.9 Å². The molecule has 0 saturated heterocycles. The number of methoxy groups -OCH3 is 2. The molecule has 3 amide bonds. The molecular formula is C43H41N3O9. The van der Waals surface area contributed by atoms with E-state index in [1.54, 1.807) is 44.6 Å². The lowest BCUT2D eigenvalue weighted by Gasteiger charge is -2.37. The normalized spacial score (nSPS) is 11.5. The predicted molar refractivity (Wildman–Crippen MR) is 207 cm³/mol. The molecule has 0 spiro atoms. The Morgan fingerprint density at radius 3 is 1.67 bits per heavy atom. The molecule has 5 rings (SSSR count). The molecule has 12 nitrogen and oxygen atoms in total. The number of nitrogens with one attached hydrogen (secondary N) is 3.